The number of carbonyl (C=O) groups is 1. The fourth-order valence-electron chi connectivity index (χ4n) is 2.25. The summed E-state index contributed by atoms with van der Waals surface area (Å²) in [5, 5.41) is 3.20. The fourth-order valence-corrected chi connectivity index (χ4v) is 2.25. The molecule has 1 aromatic heterocycles. The van der Waals surface area contributed by atoms with Gasteiger partial charge in [0, 0.05) is 19.1 Å². The molecule has 0 unspecified atom stereocenters. The van der Waals surface area contributed by atoms with Crippen LogP contribution in [0.4, 0.5) is 5.82 Å². The van der Waals surface area contributed by atoms with Crippen molar-refractivity contribution in [1.82, 2.24) is 14.9 Å². The predicted molar refractivity (Wildman–Crippen MR) is 96.8 cm³/mol. The number of nitrogens with one attached hydrogen (secondary N) is 1. The van der Waals surface area contributed by atoms with Crippen molar-refractivity contribution in [1.29, 1.82) is 0 Å². The monoisotopic (exact) mass is 326 g/mol. The quantitative estimate of drug-likeness (QED) is 0.844. The molecule has 0 atom stereocenters. The molecule has 0 aliphatic rings. The lowest BCUT2D eigenvalue weighted by Crippen LogP contribution is -2.37. The average molecular weight is 326 g/mol. The molecular formula is C19H26N4O. The highest BCUT2D eigenvalue weighted by Gasteiger charge is 2.20. The summed E-state index contributed by atoms with van der Waals surface area (Å²) >= 11 is 0. The topological polar surface area (TPSA) is 58.1 Å². The molecule has 1 heterocycles. The summed E-state index contributed by atoms with van der Waals surface area (Å²) in [6, 6.07) is 10.1. The lowest BCUT2D eigenvalue weighted by molar-refractivity contribution is 0.0684. The van der Waals surface area contributed by atoms with E-state index in [0.29, 0.717) is 24.0 Å². The number of benzene rings is 1. The van der Waals surface area contributed by atoms with Gasteiger partial charge in [-0.1, -0.05) is 44.2 Å². The Labute approximate surface area is 144 Å². The maximum Gasteiger partial charge on any atom is 0.274 e. The third-order valence-corrected chi connectivity index (χ3v) is 3.64. The molecule has 24 heavy (non-hydrogen) atoms. The van der Waals surface area contributed by atoms with Crippen molar-refractivity contribution in [2.24, 2.45) is 5.92 Å². The van der Waals surface area contributed by atoms with Crippen molar-refractivity contribution in [2.45, 2.75) is 40.3 Å². The molecule has 0 fully saturated rings. The van der Waals surface area contributed by atoms with E-state index in [2.05, 4.69) is 29.1 Å². The number of rotatable bonds is 7. The average Bonchev–Trinajstić information content (AvgIpc) is 2.58. The number of hydrogen-bond donors (Lipinski definition) is 1. The molecule has 5 nitrogen and oxygen atoms in total. The first-order valence-electron chi connectivity index (χ1n) is 8.38. The van der Waals surface area contributed by atoms with Gasteiger partial charge in [0.15, 0.2) is 0 Å². The molecular weight excluding hydrogens is 300 g/mol. The van der Waals surface area contributed by atoms with Gasteiger partial charge in [0.1, 0.15) is 11.5 Å². The standard InChI is InChI=1S/C19H26N4O/c1-14(2)10-21-18-12-20-17(11-22-18)19(24)23(15(3)4)13-16-8-6-5-7-9-16/h5-9,11-12,14-15H,10,13H2,1-4H3,(H,21,22). The molecule has 2 aromatic rings. The van der Waals surface area contributed by atoms with E-state index in [1.807, 2.05) is 44.2 Å². The zero-order valence-corrected chi connectivity index (χ0v) is 14.9. The van der Waals surface area contributed by atoms with Crippen LogP contribution in [0.1, 0.15) is 43.7 Å². The van der Waals surface area contributed by atoms with Crippen molar-refractivity contribution in [3.05, 3.63) is 54.0 Å². The second-order valence-corrected chi connectivity index (χ2v) is 6.57. The molecule has 1 amide bonds. The summed E-state index contributed by atoms with van der Waals surface area (Å²) in [4.78, 5) is 23.2. The Morgan fingerprint density at radius 1 is 1.08 bits per heavy atom. The van der Waals surface area contributed by atoms with Crippen LogP contribution < -0.4 is 5.32 Å². The number of anilines is 1. The van der Waals surface area contributed by atoms with Crippen molar-refractivity contribution in [3.63, 3.8) is 0 Å². The molecule has 2 rings (SSSR count). The van der Waals surface area contributed by atoms with Crippen LogP contribution in [0, 0.1) is 5.92 Å². The zero-order valence-electron chi connectivity index (χ0n) is 14.9. The Morgan fingerprint density at radius 2 is 1.79 bits per heavy atom. The van der Waals surface area contributed by atoms with Gasteiger partial charge in [-0.3, -0.25) is 4.79 Å². The highest BCUT2D eigenvalue weighted by Crippen LogP contribution is 2.12. The highest BCUT2D eigenvalue weighted by molar-refractivity contribution is 5.92. The summed E-state index contributed by atoms with van der Waals surface area (Å²) in [6.07, 6.45) is 3.17. The number of hydrogen-bond acceptors (Lipinski definition) is 4. The lowest BCUT2D eigenvalue weighted by Gasteiger charge is -2.26. The second kappa shape index (κ2) is 8.43. The molecule has 0 bridgehead atoms. The predicted octanol–water partition coefficient (Wildman–Crippen LogP) is 3.60. The molecule has 0 radical (unpaired) electrons. The van der Waals surface area contributed by atoms with Crippen LogP contribution in [0.15, 0.2) is 42.7 Å². The van der Waals surface area contributed by atoms with Crippen LogP contribution >= 0.6 is 0 Å². The molecule has 128 valence electrons. The Balaban J connectivity index is 2.09. The van der Waals surface area contributed by atoms with Crippen LogP contribution in [-0.2, 0) is 6.54 Å². The number of amides is 1. The number of carbonyl (C=O) groups excluding carboxylic acids is 1. The molecule has 0 saturated carbocycles. The van der Waals surface area contributed by atoms with Gasteiger partial charge in [-0.15, -0.1) is 0 Å². The van der Waals surface area contributed by atoms with E-state index < -0.39 is 0 Å². The Kier molecular flexibility index (Phi) is 6.29. The zero-order chi connectivity index (χ0) is 17.5. The first-order chi connectivity index (χ1) is 11.5. The summed E-state index contributed by atoms with van der Waals surface area (Å²) in [5.74, 6) is 1.12. The molecule has 5 heteroatoms. The van der Waals surface area contributed by atoms with Gasteiger partial charge in [-0.05, 0) is 25.3 Å². The van der Waals surface area contributed by atoms with Crippen molar-refractivity contribution in [3.8, 4) is 0 Å². The minimum absolute atomic E-state index is 0.0817. The van der Waals surface area contributed by atoms with Crippen LogP contribution in [-0.4, -0.2) is 33.4 Å². The minimum atomic E-state index is -0.100. The SMILES string of the molecule is CC(C)CNc1cnc(C(=O)N(Cc2ccccc2)C(C)C)cn1. The van der Waals surface area contributed by atoms with Gasteiger partial charge < -0.3 is 10.2 Å². The summed E-state index contributed by atoms with van der Waals surface area (Å²) in [6.45, 7) is 9.66. The molecule has 1 N–H and O–H groups in total. The first kappa shape index (κ1) is 17.9. The van der Waals surface area contributed by atoms with Crippen molar-refractivity contribution in [2.75, 3.05) is 11.9 Å². The van der Waals surface area contributed by atoms with Gasteiger partial charge >= 0.3 is 0 Å². The molecule has 0 spiro atoms. The van der Waals surface area contributed by atoms with E-state index >= 15 is 0 Å². The van der Waals surface area contributed by atoms with Crippen LogP contribution in [0.5, 0.6) is 0 Å². The summed E-state index contributed by atoms with van der Waals surface area (Å²) < 4.78 is 0. The third kappa shape index (κ3) is 5.05. The summed E-state index contributed by atoms with van der Waals surface area (Å²) in [5.41, 5.74) is 1.47. The van der Waals surface area contributed by atoms with E-state index in [0.717, 1.165) is 12.1 Å². The molecule has 1 aromatic carbocycles. The number of aromatic nitrogens is 2. The van der Waals surface area contributed by atoms with Gasteiger partial charge in [-0.25, -0.2) is 9.97 Å². The van der Waals surface area contributed by atoms with Crippen LogP contribution in [0.25, 0.3) is 0 Å². The van der Waals surface area contributed by atoms with Gasteiger partial charge in [0.25, 0.3) is 5.91 Å². The minimum Gasteiger partial charge on any atom is -0.369 e. The fraction of sp³-hybridized carbons (Fsp3) is 0.421. The largest absolute Gasteiger partial charge is 0.369 e. The van der Waals surface area contributed by atoms with Crippen LogP contribution in [0.3, 0.4) is 0 Å². The van der Waals surface area contributed by atoms with Gasteiger partial charge in [0.05, 0.1) is 12.4 Å². The molecule has 0 aliphatic heterocycles. The van der Waals surface area contributed by atoms with Gasteiger partial charge in [-0.2, -0.15) is 0 Å². The maximum atomic E-state index is 12.8. The maximum absolute atomic E-state index is 12.8. The second-order valence-electron chi connectivity index (χ2n) is 6.57. The first-order valence-corrected chi connectivity index (χ1v) is 8.38. The van der Waals surface area contributed by atoms with E-state index in [4.69, 9.17) is 0 Å². The normalized spacial score (nSPS) is 10.9. The lowest BCUT2D eigenvalue weighted by atomic mass is 10.2. The Bertz CT molecular complexity index is 638. The molecule has 0 saturated heterocycles. The van der Waals surface area contributed by atoms with Crippen molar-refractivity contribution >= 4 is 11.7 Å². The van der Waals surface area contributed by atoms with Crippen LogP contribution in [0.2, 0.25) is 0 Å². The van der Waals surface area contributed by atoms with Crippen molar-refractivity contribution < 1.29 is 4.79 Å². The van der Waals surface area contributed by atoms with Gasteiger partial charge in [0.2, 0.25) is 0 Å². The van der Waals surface area contributed by atoms with E-state index in [1.54, 1.807) is 17.3 Å². The Hall–Kier alpha value is -2.43. The van der Waals surface area contributed by atoms with E-state index in [9.17, 15) is 4.79 Å². The highest BCUT2D eigenvalue weighted by atomic mass is 16.2. The summed E-state index contributed by atoms with van der Waals surface area (Å²) in [7, 11) is 0. The Morgan fingerprint density at radius 3 is 2.33 bits per heavy atom. The van der Waals surface area contributed by atoms with E-state index in [-0.39, 0.29) is 11.9 Å². The smallest absolute Gasteiger partial charge is 0.274 e. The van der Waals surface area contributed by atoms with E-state index in [1.165, 1.54) is 0 Å². The molecule has 0 aliphatic carbocycles. The number of nitrogens with zero attached hydrogens (tertiary/aromatic N) is 3. The third-order valence-electron chi connectivity index (χ3n) is 3.64.